The van der Waals surface area contributed by atoms with Crippen molar-refractivity contribution in [3.05, 3.63) is 90.0 Å². The topological polar surface area (TPSA) is 12.9 Å². The van der Waals surface area contributed by atoms with Gasteiger partial charge in [-0.1, -0.05) is 72.8 Å². The van der Waals surface area contributed by atoms with Crippen molar-refractivity contribution >= 4 is 32.3 Å². The van der Waals surface area contributed by atoms with Gasteiger partial charge in [-0.15, -0.1) is 11.3 Å². The van der Waals surface area contributed by atoms with E-state index < -0.39 is 0 Å². The third-order valence-corrected chi connectivity index (χ3v) is 6.31. The Kier molecular flexibility index (Phi) is 3.80. The molecule has 0 spiro atoms. The van der Waals surface area contributed by atoms with E-state index in [-0.39, 0.29) is 0 Å². The molecule has 1 nitrogen and oxygen atoms in total. The van der Waals surface area contributed by atoms with E-state index in [0.717, 1.165) is 10.5 Å². The summed E-state index contributed by atoms with van der Waals surface area (Å²) in [6.07, 6.45) is 0. The maximum atomic E-state index is 4.94. The number of thiazole rings is 1. The molecule has 0 aliphatic rings. The zero-order valence-electron chi connectivity index (χ0n) is 15.4. The lowest BCUT2D eigenvalue weighted by molar-refractivity contribution is 1.43. The molecule has 1 aromatic heterocycles. The van der Waals surface area contributed by atoms with Crippen LogP contribution < -0.4 is 0 Å². The summed E-state index contributed by atoms with van der Waals surface area (Å²) >= 11 is 1.79. The van der Waals surface area contributed by atoms with Gasteiger partial charge in [-0.05, 0) is 47.4 Å². The summed E-state index contributed by atoms with van der Waals surface area (Å²) in [5.74, 6) is 0. The second-order valence-corrected chi connectivity index (χ2v) is 7.97. The summed E-state index contributed by atoms with van der Waals surface area (Å²) in [4.78, 5) is 4.94. The highest BCUT2D eigenvalue weighted by atomic mass is 32.1. The summed E-state index contributed by atoms with van der Waals surface area (Å²) in [6, 6.07) is 27.9. The Morgan fingerprint density at radius 3 is 2.22 bits per heavy atom. The van der Waals surface area contributed by atoms with E-state index in [0.29, 0.717) is 0 Å². The van der Waals surface area contributed by atoms with Crippen molar-refractivity contribution in [2.75, 3.05) is 0 Å². The quantitative estimate of drug-likeness (QED) is 0.317. The van der Waals surface area contributed by atoms with Crippen molar-refractivity contribution < 1.29 is 0 Å². The Hall–Kier alpha value is -2.97. The molecule has 0 saturated carbocycles. The molecule has 0 saturated heterocycles. The van der Waals surface area contributed by atoms with Gasteiger partial charge in [0.05, 0.1) is 10.2 Å². The molecule has 0 aliphatic carbocycles. The van der Waals surface area contributed by atoms with Gasteiger partial charge in [0.25, 0.3) is 0 Å². The van der Waals surface area contributed by atoms with Crippen LogP contribution in [0.15, 0.2) is 78.9 Å². The van der Waals surface area contributed by atoms with E-state index in [2.05, 4.69) is 86.6 Å². The van der Waals surface area contributed by atoms with E-state index in [1.165, 1.54) is 43.3 Å². The van der Waals surface area contributed by atoms with E-state index in [1.807, 2.05) is 6.07 Å². The first kappa shape index (κ1) is 16.2. The third-order valence-electron chi connectivity index (χ3n) is 5.17. The molecule has 0 unspecified atom stereocenters. The maximum Gasteiger partial charge on any atom is 0.124 e. The molecule has 0 amide bonds. The minimum absolute atomic E-state index is 1.08. The summed E-state index contributed by atoms with van der Waals surface area (Å²) in [6.45, 7) is 4.41. The number of benzene rings is 4. The van der Waals surface area contributed by atoms with Gasteiger partial charge >= 0.3 is 0 Å². The van der Waals surface area contributed by atoms with Crippen molar-refractivity contribution in [3.8, 4) is 21.7 Å². The molecule has 4 aromatic carbocycles. The van der Waals surface area contributed by atoms with Crippen molar-refractivity contribution in [2.45, 2.75) is 13.8 Å². The number of nitrogens with zero attached hydrogens (tertiary/aromatic N) is 1. The average molecular weight is 366 g/mol. The second-order valence-electron chi connectivity index (χ2n) is 6.97. The van der Waals surface area contributed by atoms with Gasteiger partial charge in [0, 0.05) is 11.1 Å². The molecule has 27 heavy (non-hydrogen) atoms. The number of hydrogen-bond acceptors (Lipinski definition) is 2. The normalized spacial score (nSPS) is 11.3. The van der Waals surface area contributed by atoms with Crippen LogP contribution in [0.4, 0.5) is 0 Å². The number of aryl methyl sites for hydroxylation is 2. The highest BCUT2D eigenvalue weighted by molar-refractivity contribution is 7.22. The summed E-state index contributed by atoms with van der Waals surface area (Å²) in [7, 11) is 0. The molecule has 130 valence electrons. The Balaban J connectivity index is 1.86. The van der Waals surface area contributed by atoms with Gasteiger partial charge in [-0.3, -0.25) is 0 Å². The zero-order chi connectivity index (χ0) is 18.4. The van der Waals surface area contributed by atoms with Gasteiger partial charge in [0.2, 0.25) is 0 Å². The lowest BCUT2D eigenvalue weighted by Crippen LogP contribution is -1.90. The zero-order valence-corrected chi connectivity index (χ0v) is 16.2. The number of rotatable bonds is 2. The first-order valence-corrected chi connectivity index (χ1v) is 9.98. The lowest BCUT2D eigenvalue weighted by atomic mass is 9.91. The van der Waals surface area contributed by atoms with Gasteiger partial charge < -0.3 is 0 Å². The molecular weight excluding hydrogens is 346 g/mol. The van der Waals surface area contributed by atoms with Crippen LogP contribution in [0.1, 0.15) is 11.1 Å². The number of hydrogen-bond donors (Lipinski definition) is 0. The van der Waals surface area contributed by atoms with Crippen LogP contribution >= 0.6 is 11.3 Å². The molecule has 0 N–H and O–H groups in total. The van der Waals surface area contributed by atoms with Crippen LogP contribution in [0.5, 0.6) is 0 Å². The van der Waals surface area contributed by atoms with Crippen LogP contribution in [0.3, 0.4) is 0 Å². The Morgan fingerprint density at radius 1 is 0.667 bits per heavy atom. The monoisotopic (exact) mass is 365 g/mol. The second kappa shape index (κ2) is 6.33. The molecule has 0 radical (unpaired) electrons. The number of fused-ring (bicyclic) bond motifs is 2. The molecule has 2 heteroatoms. The average Bonchev–Trinajstić information content (AvgIpc) is 3.14. The molecule has 0 atom stereocenters. The molecule has 1 heterocycles. The smallest absolute Gasteiger partial charge is 0.124 e. The molecule has 0 fully saturated rings. The fourth-order valence-corrected chi connectivity index (χ4v) is 4.99. The van der Waals surface area contributed by atoms with Crippen LogP contribution in [0.2, 0.25) is 0 Å². The third kappa shape index (κ3) is 2.65. The Morgan fingerprint density at radius 2 is 1.37 bits per heavy atom. The Bertz CT molecular complexity index is 1280. The van der Waals surface area contributed by atoms with Crippen LogP contribution in [-0.4, -0.2) is 4.98 Å². The van der Waals surface area contributed by atoms with Crippen molar-refractivity contribution in [1.82, 2.24) is 4.98 Å². The SMILES string of the molecule is Cc1ccc2ccccc2c1-c1c(C)ccc2nc(-c3ccccc3)sc12. The molecule has 5 rings (SSSR count). The van der Waals surface area contributed by atoms with Crippen LogP contribution in [0, 0.1) is 13.8 Å². The van der Waals surface area contributed by atoms with Gasteiger partial charge in [0.15, 0.2) is 0 Å². The van der Waals surface area contributed by atoms with Crippen LogP contribution in [-0.2, 0) is 0 Å². The van der Waals surface area contributed by atoms with Crippen molar-refractivity contribution in [3.63, 3.8) is 0 Å². The van der Waals surface area contributed by atoms with E-state index in [4.69, 9.17) is 4.98 Å². The fraction of sp³-hybridized carbons (Fsp3) is 0.0800. The van der Waals surface area contributed by atoms with E-state index in [1.54, 1.807) is 11.3 Å². The highest BCUT2D eigenvalue weighted by Crippen LogP contribution is 2.42. The first-order chi connectivity index (χ1) is 13.2. The van der Waals surface area contributed by atoms with Gasteiger partial charge in [0.1, 0.15) is 5.01 Å². The largest absolute Gasteiger partial charge is 0.236 e. The standard InChI is InChI=1S/C25H19NS/c1-16-12-14-18-8-6-7-11-20(18)22(16)23-17(2)13-15-21-24(23)27-25(26-21)19-9-4-3-5-10-19/h3-15H,1-2H3. The summed E-state index contributed by atoms with van der Waals surface area (Å²) < 4.78 is 1.27. The Labute approximate surface area is 162 Å². The molecule has 0 aliphatic heterocycles. The minimum Gasteiger partial charge on any atom is -0.236 e. The molecule has 0 bridgehead atoms. The lowest BCUT2D eigenvalue weighted by Gasteiger charge is -2.14. The van der Waals surface area contributed by atoms with Crippen molar-refractivity contribution in [2.24, 2.45) is 0 Å². The maximum absolute atomic E-state index is 4.94. The van der Waals surface area contributed by atoms with E-state index >= 15 is 0 Å². The van der Waals surface area contributed by atoms with E-state index in [9.17, 15) is 0 Å². The first-order valence-electron chi connectivity index (χ1n) is 9.16. The minimum atomic E-state index is 1.08. The fourth-order valence-electron chi connectivity index (χ4n) is 3.82. The number of aromatic nitrogens is 1. The highest BCUT2D eigenvalue weighted by Gasteiger charge is 2.16. The predicted octanol–water partition coefficient (Wildman–Crippen LogP) is 7.40. The van der Waals surface area contributed by atoms with Crippen LogP contribution in [0.25, 0.3) is 42.7 Å². The predicted molar refractivity (Wildman–Crippen MR) is 117 cm³/mol. The van der Waals surface area contributed by atoms with Crippen molar-refractivity contribution in [1.29, 1.82) is 0 Å². The summed E-state index contributed by atoms with van der Waals surface area (Å²) in [5.41, 5.74) is 7.51. The summed E-state index contributed by atoms with van der Waals surface area (Å²) in [5, 5.41) is 3.67. The molecular formula is C25H19NS. The molecule has 5 aromatic rings. The van der Waals surface area contributed by atoms with Gasteiger partial charge in [-0.25, -0.2) is 4.98 Å². The van der Waals surface area contributed by atoms with Gasteiger partial charge in [-0.2, -0.15) is 0 Å².